The van der Waals surface area contributed by atoms with Crippen molar-refractivity contribution < 1.29 is 4.74 Å². The third-order valence-corrected chi connectivity index (χ3v) is 3.92. The molecule has 0 unspecified atom stereocenters. The molecule has 1 aromatic heterocycles. The Balaban J connectivity index is 2.64. The summed E-state index contributed by atoms with van der Waals surface area (Å²) < 4.78 is 6.92. The standard InChI is InChI=1S/C15H18Cl2N2O/c1-9-5-10(2)14(11(3)6-9)19-15(17)12(7-16)13(18-19)8-20-4/h5-6H,7-8H2,1-4H3. The van der Waals surface area contributed by atoms with Crippen LogP contribution in [0.25, 0.3) is 5.69 Å². The molecule has 0 spiro atoms. The van der Waals surface area contributed by atoms with E-state index in [4.69, 9.17) is 27.9 Å². The zero-order chi connectivity index (χ0) is 14.9. The van der Waals surface area contributed by atoms with Crippen LogP contribution in [0.2, 0.25) is 5.15 Å². The summed E-state index contributed by atoms with van der Waals surface area (Å²) in [5, 5.41) is 5.12. The molecule has 0 saturated carbocycles. The van der Waals surface area contributed by atoms with Gasteiger partial charge in [-0.2, -0.15) is 5.10 Å². The van der Waals surface area contributed by atoms with E-state index >= 15 is 0 Å². The fourth-order valence-electron chi connectivity index (χ4n) is 2.51. The van der Waals surface area contributed by atoms with Gasteiger partial charge in [-0.3, -0.25) is 0 Å². The van der Waals surface area contributed by atoms with Crippen molar-refractivity contribution in [1.82, 2.24) is 9.78 Å². The van der Waals surface area contributed by atoms with Crippen molar-refractivity contribution in [2.75, 3.05) is 7.11 Å². The lowest BCUT2D eigenvalue weighted by atomic mass is 10.1. The van der Waals surface area contributed by atoms with E-state index in [2.05, 4.69) is 38.0 Å². The van der Waals surface area contributed by atoms with E-state index in [1.54, 1.807) is 11.8 Å². The van der Waals surface area contributed by atoms with Crippen LogP contribution in [0.1, 0.15) is 27.9 Å². The number of aromatic nitrogens is 2. The number of aryl methyl sites for hydroxylation is 3. The number of nitrogens with zero attached hydrogens (tertiary/aromatic N) is 2. The minimum atomic E-state index is 0.321. The van der Waals surface area contributed by atoms with Crippen LogP contribution in [0, 0.1) is 20.8 Å². The van der Waals surface area contributed by atoms with Crippen molar-refractivity contribution in [2.45, 2.75) is 33.3 Å². The third kappa shape index (κ3) is 2.71. The minimum Gasteiger partial charge on any atom is -0.378 e. The van der Waals surface area contributed by atoms with E-state index in [1.807, 2.05) is 0 Å². The Hall–Kier alpha value is -1.03. The van der Waals surface area contributed by atoms with E-state index < -0.39 is 0 Å². The van der Waals surface area contributed by atoms with E-state index in [1.165, 1.54) is 5.56 Å². The van der Waals surface area contributed by atoms with Crippen molar-refractivity contribution in [1.29, 1.82) is 0 Å². The highest BCUT2D eigenvalue weighted by Gasteiger charge is 2.18. The SMILES string of the molecule is COCc1nn(-c2c(C)cc(C)cc2C)c(Cl)c1CCl. The summed E-state index contributed by atoms with van der Waals surface area (Å²) in [6.45, 7) is 6.60. The highest BCUT2D eigenvalue weighted by molar-refractivity contribution is 6.31. The summed E-state index contributed by atoms with van der Waals surface area (Å²) in [5.41, 5.74) is 6.12. The van der Waals surface area contributed by atoms with Gasteiger partial charge < -0.3 is 4.74 Å². The smallest absolute Gasteiger partial charge is 0.137 e. The summed E-state index contributed by atoms with van der Waals surface area (Å²) in [6.07, 6.45) is 0. The predicted molar refractivity (Wildman–Crippen MR) is 83.1 cm³/mol. The molecule has 0 amide bonds. The quantitative estimate of drug-likeness (QED) is 0.785. The average molecular weight is 313 g/mol. The number of halogens is 2. The van der Waals surface area contributed by atoms with Crippen LogP contribution >= 0.6 is 23.2 Å². The number of methoxy groups -OCH3 is 1. The van der Waals surface area contributed by atoms with Gasteiger partial charge in [0.2, 0.25) is 0 Å². The van der Waals surface area contributed by atoms with Gasteiger partial charge in [-0.25, -0.2) is 4.68 Å². The van der Waals surface area contributed by atoms with Gasteiger partial charge in [0.15, 0.2) is 0 Å². The van der Waals surface area contributed by atoms with Crippen molar-refractivity contribution in [3.8, 4) is 5.69 Å². The Morgan fingerprint density at radius 2 is 1.80 bits per heavy atom. The van der Waals surface area contributed by atoms with Crippen LogP contribution < -0.4 is 0 Å². The summed E-state index contributed by atoms with van der Waals surface area (Å²) in [4.78, 5) is 0. The van der Waals surface area contributed by atoms with Gasteiger partial charge in [-0.05, 0) is 31.9 Å². The van der Waals surface area contributed by atoms with E-state index in [0.29, 0.717) is 17.6 Å². The summed E-state index contributed by atoms with van der Waals surface area (Å²) >= 11 is 12.4. The molecular weight excluding hydrogens is 295 g/mol. The molecule has 3 nitrogen and oxygen atoms in total. The fourth-order valence-corrected chi connectivity index (χ4v) is 3.16. The molecule has 5 heteroatoms. The lowest BCUT2D eigenvalue weighted by Crippen LogP contribution is -2.03. The van der Waals surface area contributed by atoms with Crippen LogP contribution in [0.15, 0.2) is 12.1 Å². The Bertz CT molecular complexity index is 612. The largest absolute Gasteiger partial charge is 0.378 e. The van der Waals surface area contributed by atoms with Gasteiger partial charge in [-0.1, -0.05) is 29.3 Å². The fraction of sp³-hybridized carbons (Fsp3) is 0.400. The normalized spacial score (nSPS) is 11.1. The summed E-state index contributed by atoms with van der Waals surface area (Å²) in [5.74, 6) is 0.321. The molecule has 2 rings (SSSR count). The number of benzene rings is 1. The van der Waals surface area contributed by atoms with Gasteiger partial charge in [0.1, 0.15) is 5.15 Å². The molecule has 0 atom stereocenters. The van der Waals surface area contributed by atoms with Crippen LogP contribution in [0.5, 0.6) is 0 Å². The van der Waals surface area contributed by atoms with Crippen LogP contribution in [0.3, 0.4) is 0 Å². The molecular formula is C15H18Cl2N2O. The number of rotatable bonds is 4. The zero-order valence-corrected chi connectivity index (χ0v) is 13.6. The Morgan fingerprint density at radius 3 is 2.30 bits per heavy atom. The van der Waals surface area contributed by atoms with Crippen molar-refractivity contribution in [3.05, 3.63) is 45.2 Å². The summed E-state index contributed by atoms with van der Waals surface area (Å²) in [6, 6.07) is 4.24. The summed E-state index contributed by atoms with van der Waals surface area (Å²) in [7, 11) is 1.63. The topological polar surface area (TPSA) is 27.1 Å². The van der Waals surface area contributed by atoms with Gasteiger partial charge in [0.25, 0.3) is 0 Å². The lowest BCUT2D eigenvalue weighted by molar-refractivity contribution is 0.180. The molecule has 0 aliphatic carbocycles. The van der Waals surface area contributed by atoms with Gasteiger partial charge >= 0.3 is 0 Å². The molecule has 0 aliphatic heterocycles. The first-order valence-electron chi connectivity index (χ1n) is 6.39. The minimum absolute atomic E-state index is 0.321. The lowest BCUT2D eigenvalue weighted by Gasteiger charge is -2.12. The predicted octanol–water partition coefficient (Wildman–Crippen LogP) is 4.34. The van der Waals surface area contributed by atoms with E-state index in [9.17, 15) is 0 Å². The number of ether oxygens (including phenoxy) is 1. The maximum Gasteiger partial charge on any atom is 0.137 e. The van der Waals surface area contributed by atoms with Gasteiger partial charge in [0, 0.05) is 12.7 Å². The monoisotopic (exact) mass is 312 g/mol. The van der Waals surface area contributed by atoms with Gasteiger partial charge in [-0.15, -0.1) is 11.6 Å². The van der Waals surface area contributed by atoms with Crippen LogP contribution in [-0.4, -0.2) is 16.9 Å². The molecule has 108 valence electrons. The molecule has 0 radical (unpaired) electrons. The second-order valence-corrected chi connectivity index (χ2v) is 5.57. The second-order valence-electron chi connectivity index (χ2n) is 4.94. The maximum atomic E-state index is 6.44. The van der Waals surface area contributed by atoms with Crippen LogP contribution in [-0.2, 0) is 17.2 Å². The first-order chi connectivity index (χ1) is 9.49. The first-order valence-corrected chi connectivity index (χ1v) is 7.30. The molecule has 0 aliphatic rings. The molecule has 0 fully saturated rings. The molecule has 0 N–H and O–H groups in total. The number of alkyl halides is 1. The molecule has 0 saturated heterocycles. The maximum absolute atomic E-state index is 6.44. The Morgan fingerprint density at radius 1 is 1.20 bits per heavy atom. The van der Waals surface area contributed by atoms with Crippen molar-refractivity contribution in [3.63, 3.8) is 0 Å². The molecule has 1 heterocycles. The van der Waals surface area contributed by atoms with Crippen molar-refractivity contribution >= 4 is 23.2 Å². The highest BCUT2D eigenvalue weighted by Crippen LogP contribution is 2.29. The average Bonchev–Trinajstić information content (AvgIpc) is 2.65. The highest BCUT2D eigenvalue weighted by atomic mass is 35.5. The van der Waals surface area contributed by atoms with Gasteiger partial charge in [0.05, 0.1) is 23.9 Å². The second kappa shape index (κ2) is 6.17. The van der Waals surface area contributed by atoms with Crippen molar-refractivity contribution in [2.24, 2.45) is 0 Å². The van der Waals surface area contributed by atoms with E-state index in [-0.39, 0.29) is 0 Å². The van der Waals surface area contributed by atoms with E-state index in [0.717, 1.165) is 28.1 Å². The molecule has 2 aromatic rings. The zero-order valence-electron chi connectivity index (χ0n) is 12.1. The number of hydrogen-bond donors (Lipinski definition) is 0. The Kier molecular flexibility index (Phi) is 4.74. The number of hydrogen-bond acceptors (Lipinski definition) is 2. The molecule has 1 aromatic carbocycles. The Labute approximate surface area is 129 Å². The third-order valence-electron chi connectivity index (χ3n) is 3.27. The first kappa shape index (κ1) is 15.4. The molecule has 0 bridgehead atoms. The van der Waals surface area contributed by atoms with Crippen LogP contribution in [0.4, 0.5) is 0 Å². The molecule has 20 heavy (non-hydrogen) atoms.